The molecule has 10 heteroatoms. The van der Waals surface area contributed by atoms with Crippen LogP contribution < -0.4 is 5.63 Å². The van der Waals surface area contributed by atoms with Crippen molar-refractivity contribution in [1.29, 1.82) is 0 Å². The van der Waals surface area contributed by atoms with Gasteiger partial charge in [0.05, 0.1) is 12.3 Å². The van der Waals surface area contributed by atoms with Gasteiger partial charge in [-0.25, -0.2) is 9.95 Å². The summed E-state index contributed by atoms with van der Waals surface area (Å²) in [7, 11) is 0. The number of nitrogens with one attached hydrogen (secondary N) is 1. The summed E-state index contributed by atoms with van der Waals surface area (Å²) in [5, 5.41) is 27.1. The summed E-state index contributed by atoms with van der Waals surface area (Å²) in [6, 6.07) is 0. The van der Waals surface area contributed by atoms with E-state index in [1.165, 1.54) is 23.1 Å². The molecule has 8 nitrogen and oxygen atoms in total. The van der Waals surface area contributed by atoms with Crippen molar-refractivity contribution in [1.82, 2.24) is 15.4 Å². The zero-order valence-electron chi connectivity index (χ0n) is 10.9. The van der Waals surface area contributed by atoms with E-state index in [0.29, 0.717) is 20.9 Å². The molecule has 0 unspecified atom stereocenters. The van der Waals surface area contributed by atoms with E-state index in [0.717, 1.165) is 0 Å². The van der Waals surface area contributed by atoms with Crippen LogP contribution in [0.5, 0.6) is 0 Å². The second-order valence-electron chi connectivity index (χ2n) is 4.03. The Morgan fingerprint density at radius 3 is 2.95 bits per heavy atom. The van der Waals surface area contributed by atoms with Crippen molar-refractivity contribution in [3.63, 3.8) is 0 Å². The fraction of sp³-hybridized carbons (Fsp3) is 0.500. The molecule has 0 radical (unpaired) electrons. The molecule has 0 aliphatic heterocycles. The van der Waals surface area contributed by atoms with Gasteiger partial charge in [0.25, 0.3) is 5.13 Å². The zero-order valence-corrected chi connectivity index (χ0v) is 12.5. The first-order valence-electron chi connectivity index (χ1n) is 5.82. The molecule has 0 saturated carbocycles. The van der Waals surface area contributed by atoms with E-state index in [4.69, 9.17) is 9.63 Å². The van der Waals surface area contributed by atoms with Crippen LogP contribution in [0.25, 0.3) is 0 Å². The molecule has 20 heavy (non-hydrogen) atoms. The molecule has 0 fully saturated rings. The van der Waals surface area contributed by atoms with Gasteiger partial charge in [0.2, 0.25) is 0 Å². The number of aliphatic hydroxyl groups excluding tert-OH is 1. The van der Waals surface area contributed by atoms with Crippen molar-refractivity contribution in [2.75, 3.05) is 12.4 Å². The van der Waals surface area contributed by atoms with Crippen LogP contribution in [0.4, 0.5) is 10.8 Å². The van der Waals surface area contributed by atoms with Gasteiger partial charge in [-0.3, -0.25) is 0 Å². The molecular formula is C10H13N5O3S2. The number of aliphatic hydroxyl groups is 1. The van der Waals surface area contributed by atoms with Gasteiger partial charge in [-0.1, -0.05) is 36.9 Å². The lowest BCUT2D eigenvalue weighted by Crippen LogP contribution is -1.93. The quantitative estimate of drug-likeness (QED) is 0.624. The molecule has 2 heterocycles. The van der Waals surface area contributed by atoms with E-state index in [2.05, 4.69) is 25.6 Å². The molecule has 2 rings (SSSR count). The van der Waals surface area contributed by atoms with Gasteiger partial charge in [-0.05, 0) is 5.92 Å². The highest BCUT2D eigenvalue weighted by molar-refractivity contribution is 8.01. The number of hydrogen-bond acceptors (Lipinski definition) is 9. The second-order valence-corrected chi connectivity index (χ2v) is 6.33. The standard InChI is InChI=1S/C10H13N5O3S2/c1-5(2)6-7(8(17)18-15-6)11-12-9-13-14-10(20-9)19-4-3-16/h5,15-16H,3-4H2,1-2H3. The first-order chi connectivity index (χ1) is 9.61. The minimum absolute atomic E-state index is 0.0699. The highest BCUT2D eigenvalue weighted by atomic mass is 32.2. The lowest BCUT2D eigenvalue weighted by Gasteiger charge is -1.98. The highest BCUT2D eigenvalue weighted by Gasteiger charge is 2.15. The lowest BCUT2D eigenvalue weighted by atomic mass is 10.1. The Morgan fingerprint density at radius 1 is 1.45 bits per heavy atom. The number of aromatic amines is 1. The fourth-order valence-corrected chi connectivity index (χ4v) is 2.80. The van der Waals surface area contributed by atoms with Crippen LogP contribution in [-0.2, 0) is 0 Å². The molecule has 2 aromatic rings. The average molecular weight is 315 g/mol. The third-order valence-electron chi connectivity index (χ3n) is 2.23. The van der Waals surface area contributed by atoms with E-state index in [-0.39, 0.29) is 18.2 Å². The van der Waals surface area contributed by atoms with Crippen molar-refractivity contribution >= 4 is 33.9 Å². The normalized spacial score (nSPS) is 11.8. The molecule has 0 aliphatic rings. The number of thioether (sulfide) groups is 1. The Kier molecular flexibility index (Phi) is 5.04. The van der Waals surface area contributed by atoms with Crippen LogP contribution in [0.2, 0.25) is 0 Å². The first kappa shape index (κ1) is 14.9. The number of hydrogen-bond donors (Lipinski definition) is 2. The Balaban J connectivity index is 2.15. The van der Waals surface area contributed by atoms with Crippen LogP contribution in [0, 0.1) is 0 Å². The molecule has 2 N–H and O–H groups in total. The molecule has 2 aromatic heterocycles. The lowest BCUT2D eigenvalue weighted by molar-refractivity contribution is 0.322. The van der Waals surface area contributed by atoms with Crippen molar-refractivity contribution < 1.29 is 9.63 Å². The van der Waals surface area contributed by atoms with E-state index >= 15 is 0 Å². The van der Waals surface area contributed by atoms with Crippen LogP contribution in [-0.4, -0.2) is 32.8 Å². The van der Waals surface area contributed by atoms with Gasteiger partial charge in [0.15, 0.2) is 10.0 Å². The molecule has 0 saturated heterocycles. The summed E-state index contributed by atoms with van der Waals surface area (Å²) in [6.07, 6.45) is 0. The van der Waals surface area contributed by atoms with Gasteiger partial charge in [-0.15, -0.1) is 20.4 Å². The molecule has 108 valence electrons. The third kappa shape index (κ3) is 3.52. The smallest absolute Gasteiger partial charge is 0.384 e. The second kappa shape index (κ2) is 6.77. The summed E-state index contributed by atoms with van der Waals surface area (Å²) in [6.45, 7) is 3.89. The van der Waals surface area contributed by atoms with Crippen LogP contribution in [0.3, 0.4) is 0 Å². The van der Waals surface area contributed by atoms with Crippen molar-refractivity contribution in [2.24, 2.45) is 10.2 Å². The molecular weight excluding hydrogens is 302 g/mol. The Hall–Kier alpha value is -1.52. The highest BCUT2D eigenvalue weighted by Crippen LogP contribution is 2.29. The monoisotopic (exact) mass is 315 g/mol. The minimum atomic E-state index is -0.558. The van der Waals surface area contributed by atoms with E-state index in [1.54, 1.807) is 0 Å². The predicted octanol–water partition coefficient (Wildman–Crippen LogP) is 2.44. The van der Waals surface area contributed by atoms with Gasteiger partial charge in [0, 0.05) is 5.75 Å². The predicted molar refractivity (Wildman–Crippen MR) is 75.3 cm³/mol. The van der Waals surface area contributed by atoms with Crippen molar-refractivity contribution in [2.45, 2.75) is 24.1 Å². The Bertz CT molecular complexity index is 645. The number of azo groups is 1. The Morgan fingerprint density at radius 2 is 2.25 bits per heavy atom. The first-order valence-corrected chi connectivity index (χ1v) is 7.62. The topological polar surface area (TPSA) is 117 Å². The van der Waals surface area contributed by atoms with Crippen LogP contribution >= 0.6 is 23.1 Å². The number of H-pyrrole nitrogens is 1. The average Bonchev–Trinajstić information content (AvgIpc) is 3.00. The van der Waals surface area contributed by atoms with Gasteiger partial charge in [0.1, 0.15) is 0 Å². The molecule has 0 spiro atoms. The Labute approximate surface area is 122 Å². The summed E-state index contributed by atoms with van der Waals surface area (Å²) in [5.74, 6) is 0.616. The molecule has 0 bridgehead atoms. The summed E-state index contributed by atoms with van der Waals surface area (Å²) in [5.41, 5.74) is 0.190. The van der Waals surface area contributed by atoms with Crippen LogP contribution in [0.1, 0.15) is 25.5 Å². The molecule has 0 aromatic carbocycles. The van der Waals surface area contributed by atoms with E-state index in [9.17, 15) is 4.79 Å². The van der Waals surface area contributed by atoms with Gasteiger partial charge >= 0.3 is 5.63 Å². The maximum atomic E-state index is 11.5. The number of aromatic nitrogens is 3. The third-order valence-corrected chi connectivity index (χ3v) is 4.15. The summed E-state index contributed by atoms with van der Waals surface area (Å²) in [4.78, 5) is 11.5. The zero-order chi connectivity index (χ0) is 14.5. The SMILES string of the molecule is CC(C)c1[nH]oc(=O)c1N=Nc1nnc(SCCO)s1. The summed E-state index contributed by atoms with van der Waals surface area (Å²) >= 11 is 2.62. The minimum Gasteiger partial charge on any atom is -0.396 e. The molecule has 0 atom stereocenters. The largest absolute Gasteiger partial charge is 0.396 e. The van der Waals surface area contributed by atoms with Gasteiger partial charge in [-0.2, -0.15) is 0 Å². The van der Waals surface area contributed by atoms with Crippen molar-refractivity contribution in [3.8, 4) is 0 Å². The number of nitrogens with zero attached hydrogens (tertiary/aromatic N) is 4. The molecule has 0 amide bonds. The maximum absolute atomic E-state index is 11.5. The molecule has 0 aliphatic carbocycles. The van der Waals surface area contributed by atoms with Crippen molar-refractivity contribution in [3.05, 3.63) is 16.1 Å². The number of rotatable bonds is 6. The van der Waals surface area contributed by atoms with Gasteiger partial charge < -0.3 is 9.63 Å². The van der Waals surface area contributed by atoms with Crippen LogP contribution in [0.15, 0.2) is 23.9 Å². The van der Waals surface area contributed by atoms with E-state index < -0.39 is 5.63 Å². The maximum Gasteiger partial charge on any atom is 0.384 e. The summed E-state index contributed by atoms with van der Waals surface area (Å²) < 4.78 is 5.40. The fourth-order valence-electron chi connectivity index (χ4n) is 1.32. The van der Waals surface area contributed by atoms with E-state index in [1.807, 2.05) is 13.8 Å².